The summed E-state index contributed by atoms with van der Waals surface area (Å²) < 4.78 is 51.6. The summed E-state index contributed by atoms with van der Waals surface area (Å²) in [5.74, 6) is -0.468. The smallest absolute Gasteiger partial charge is 0.388 e. The lowest BCUT2D eigenvalue weighted by Crippen LogP contribution is -2.07. The van der Waals surface area contributed by atoms with E-state index in [2.05, 4.69) is 15.9 Å². The number of rotatable bonds is 3. The van der Waals surface area contributed by atoms with E-state index in [9.17, 15) is 22.7 Å². The van der Waals surface area contributed by atoms with Crippen LogP contribution >= 0.6 is 15.9 Å². The number of alkyl halides is 3. The topological polar surface area (TPSA) is 20.2 Å². The molecule has 0 aromatic heterocycles. The van der Waals surface area contributed by atoms with Crippen LogP contribution in [0.2, 0.25) is 0 Å². The molecule has 0 aliphatic carbocycles. The van der Waals surface area contributed by atoms with E-state index in [-0.39, 0.29) is 12.0 Å². The molecule has 0 amide bonds. The van der Waals surface area contributed by atoms with Gasteiger partial charge >= 0.3 is 6.18 Å². The van der Waals surface area contributed by atoms with Crippen LogP contribution in [0.1, 0.15) is 22.8 Å². The first-order valence-electron chi connectivity index (χ1n) is 6.06. The normalized spacial score (nSPS) is 13.2. The molecule has 0 aliphatic heterocycles. The molecule has 112 valence electrons. The lowest BCUT2D eigenvalue weighted by atomic mass is 10.00. The summed E-state index contributed by atoms with van der Waals surface area (Å²) in [6.45, 7) is 0. The zero-order chi connectivity index (χ0) is 15.6. The van der Waals surface area contributed by atoms with Crippen LogP contribution in [-0.4, -0.2) is 5.11 Å². The van der Waals surface area contributed by atoms with Gasteiger partial charge < -0.3 is 5.11 Å². The molecule has 21 heavy (non-hydrogen) atoms. The van der Waals surface area contributed by atoms with Crippen molar-refractivity contribution in [3.63, 3.8) is 0 Å². The van der Waals surface area contributed by atoms with Crippen molar-refractivity contribution in [1.82, 2.24) is 0 Å². The summed E-state index contributed by atoms with van der Waals surface area (Å²) in [5, 5.41) is 10.0. The fraction of sp³-hybridized carbons (Fsp3) is 0.200. The van der Waals surface area contributed by atoms with Gasteiger partial charge in [0.25, 0.3) is 0 Å². The van der Waals surface area contributed by atoms with Crippen molar-refractivity contribution in [3.05, 3.63) is 69.4 Å². The molecular weight excluding hydrogens is 352 g/mol. The summed E-state index contributed by atoms with van der Waals surface area (Å²) in [7, 11) is 0. The van der Waals surface area contributed by atoms with Gasteiger partial charge in [-0.25, -0.2) is 4.39 Å². The van der Waals surface area contributed by atoms with Crippen LogP contribution < -0.4 is 0 Å². The van der Waals surface area contributed by atoms with Crippen molar-refractivity contribution in [3.8, 4) is 0 Å². The molecule has 1 nitrogen and oxygen atoms in total. The zero-order valence-corrected chi connectivity index (χ0v) is 12.2. The molecule has 0 spiro atoms. The van der Waals surface area contributed by atoms with Gasteiger partial charge in [-0.2, -0.15) is 13.2 Å². The maximum Gasteiger partial charge on any atom is 0.416 e. The van der Waals surface area contributed by atoms with Gasteiger partial charge in [0.15, 0.2) is 0 Å². The number of hydrogen-bond donors (Lipinski definition) is 1. The lowest BCUT2D eigenvalue weighted by Gasteiger charge is -2.13. The second-order valence-corrected chi connectivity index (χ2v) is 5.49. The van der Waals surface area contributed by atoms with Crippen molar-refractivity contribution in [1.29, 1.82) is 0 Å². The standard InChI is InChI=1S/C15H11BrF4O/c16-12-5-6-13(17)10(7-12)8-14(21)9-1-3-11(4-2-9)15(18,19)20/h1-7,14,21H,8H2. The monoisotopic (exact) mass is 362 g/mol. The summed E-state index contributed by atoms with van der Waals surface area (Å²) in [6, 6.07) is 8.52. The summed E-state index contributed by atoms with van der Waals surface area (Å²) >= 11 is 3.20. The van der Waals surface area contributed by atoms with Crippen molar-refractivity contribution < 1.29 is 22.7 Å². The van der Waals surface area contributed by atoms with E-state index in [0.29, 0.717) is 10.0 Å². The highest BCUT2D eigenvalue weighted by Gasteiger charge is 2.30. The average molecular weight is 363 g/mol. The van der Waals surface area contributed by atoms with Crippen LogP contribution in [0.5, 0.6) is 0 Å². The first-order valence-corrected chi connectivity index (χ1v) is 6.86. The number of hydrogen-bond acceptors (Lipinski definition) is 1. The number of aliphatic hydroxyl groups excluding tert-OH is 1. The zero-order valence-electron chi connectivity index (χ0n) is 10.7. The first-order chi connectivity index (χ1) is 9.77. The van der Waals surface area contributed by atoms with E-state index in [1.807, 2.05) is 0 Å². The van der Waals surface area contributed by atoms with Crippen molar-refractivity contribution >= 4 is 15.9 Å². The van der Waals surface area contributed by atoms with Crippen molar-refractivity contribution in [2.75, 3.05) is 0 Å². The first kappa shape index (κ1) is 16.0. The largest absolute Gasteiger partial charge is 0.416 e. The minimum atomic E-state index is -4.42. The Labute approximate surface area is 127 Å². The molecule has 0 saturated carbocycles. The minimum absolute atomic E-state index is 0.0172. The van der Waals surface area contributed by atoms with E-state index in [4.69, 9.17) is 0 Å². The molecule has 1 atom stereocenters. The van der Waals surface area contributed by atoms with E-state index in [1.54, 1.807) is 0 Å². The molecule has 2 rings (SSSR count). The van der Waals surface area contributed by atoms with Crippen molar-refractivity contribution in [2.24, 2.45) is 0 Å². The molecule has 2 aromatic carbocycles. The van der Waals surface area contributed by atoms with Crippen LogP contribution in [0.3, 0.4) is 0 Å². The quantitative estimate of drug-likeness (QED) is 0.771. The maximum atomic E-state index is 13.6. The molecule has 0 bridgehead atoms. The Morgan fingerprint density at radius 3 is 2.24 bits per heavy atom. The highest BCUT2D eigenvalue weighted by Crippen LogP contribution is 2.30. The average Bonchev–Trinajstić information content (AvgIpc) is 2.42. The molecule has 6 heteroatoms. The molecule has 2 aromatic rings. The van der Waals surface area contributed by atoms with E-state index >= 15 is 0 Å². The second-order valence-electron chi connectivity index (χ2n) is 4.58. The highest BCUT2D eigenvalue weighted by molar-refractivity contribution is 9.10. The molecule has 1 N–H and O–H groups in total. The molecule has 0 heterocycles. The Morgan fingerprint density at radius 1 is 1.05 bits per heavy atom. The van der Waals surface area contributed by atoms with Crippen LogP contribution in [0.25, 0.3) is 0 Å². The van der Waals surface area contributed by atoms with Gasteiger partial charge in [-0.3, -0.25) is 0 Å². The fourth-order valence-electron chi connectivity index (χ4n) is 1.92. The number of aliphatic hydroxyl groups is 1. The maximum absolute atomic E-state index is 13.6. The van der Waals surface area contributed by atoms with E-state index < -0.39 is 23.7 Å². The third-order valence-electron chi connectivity index (χ3n) is 3.04. The van der Waals surface area contributed by atoms with Gasteiger partial charge in [-0.1, -0.05) is 28.1 Å². The van der Waals surface area contributed by atoms with Gasteiger partial charge in [-0.15, -0.1) is 0 Å². The third-order valence-corrected chi connectivity index (χ3v) is 3.54. The second kappa shape index (κ2) is 6.15. The van der Waals surface area contributed by atoms with Crippen LogP contribution in [0.4, 0.5) is 17.6 Å². The molecule has 0 fully saturated rings. The van der Waals surface area contributed by atoms with Gasteiger partial charge in [0, 0.05) is 10.9 Å². The SMILES string of the molecule is OC(Cc1cc(Br)ccc1F)c1ccc(C(F)(F)F)cc1. The minimum Gasteiger partial charge on any atom is -0.388 e. The predicted octanol–water partition coefficient (Wildman–Crippen LogP) is 4.88. The van der Waals surface area contributed by atoms with Crippen LogP contribution in [0, 0.1) is 5.82 Å². The lowest BCUT2D eigenvalue weighted by molar-refractivity contribution is -0.137. The van der Waals surface area contributed by atoms with E-state index in [0.717, 1.165) is 12.1 Å². The third kappa shape index (κ3) is 4.04. The molecule has 0 aliphatic rings. The van der Waals surface area contributed by atoms with Crippen LogP contribution in [0.15, 0.2) is 46.9 Å². The summed E-state index contributed by atoms with van der Waals surface area (Å²) in [6.07, 6.45) is -5.51. The number of benzene rings is 2. The predicted molar refractivity (Wildman–Crippen MR) is 74.2 cm³/mol. The summed E-state index contributed by atoms with van der Waals surface area (Å²) in [4.78, 5) is 0. The Bertz CT molecular complexity index is 623. The molecular formula is C15H11BrF4O. The van der Waals surface area contributed by atoms with Gasteiger partial charge in [0.2, 0.25) is 0 Å². The van der Waals surface area contributed by atoms with Gasteiger partial charge in [0.05, 0.1) is 11.7 Å². The highest BCUT2D eigenvalue weighted by atomic mass is 79.9. The Morgan fingerprint density at radius 2 is 1.67 bits per heavy atom. The molecule has 0 saturated heterocycles. The van der Waals surface area contributed by atoms with Gasteiger partial charge in [0.1, 0.15) is 5.82 Å². The van der Waals surface area contributed by atoms with Crippen LogP contribution in [-0.2, 0) is 12.6 Å². The molecule has 0 radical (unpaired) electrons. The Balaban J connectivity index is 2.17. The van der Waals surface area contributed by atoms with Crippen molar-refractivity contribution in [2.45, 2.75) is 18.7 Å². The Kier molecular flexibility index (Phi) is 4.68. The summed E-state index contributed by atoms with van der Waals surface area (Å²) in [5.41, 5.74) is -0.189. The van der Waals surface area contributed by atoms with E-state index in [1.165, 1.54) is 30.3 Å². The van der Waals surface area contributed by atoms with Gasteiger partial charge in [-0.05, 0) is 41.5 Å². The molecule has 1 unspecified atom stereocenters. The Hall–Kier alpha value is -1.40. The fourth-order valence-corrected chi connectivity index (χ4v) is 2.33. The number of halogens is 5.